The molecule has 0 spiro atoms. The van der Waals surface area contributed by atoms with Crippen molar-refractivity contribution in [2.75, 3.05) is 0 Å². The minimum atomic E-state index is 0.503. The second kappa shape index (κ2) is 3.71. The molecule has 26 valence electrons. The number of nitriles is 1. The first-order valence-electron chi connectivity index (χ1n) is 1.53. The monoisotopic (exact) mass is 83.0 g/mol. The predicted molar refractivity (Wildman–Crippen MR) is 21.8 cm³/mol. The third-order valence-electron chi connectivity index (χ3n) is 0.256. The Hall–Kier alpha value is -0.293. The van der Waals surface area contributed by atoms with Crippen LogP contribution in [0.4, 0.5) is 0 Å². The summed E-state index contributed by atoms with van der Waals surface area (Å²) in [6.45, 7) is 2.00. The number of hydrogen-bond donors (Lipinski definition) is 0. The molecular weight excluding hydrogens is 78.1 g/mol. The molecule has 0 rings (SSSR count). The molecule has 0 fully saturated rings. The molecule has 2 radical (unpaired) electrons. The molecule has 0 heterocycles. The van der Waals surface area contributed by atoms with Crippen molar-refractivity contribution in [1.29, 1.82) is 5.26 Å². The lowest BCUT2D eigenvalue weighted by molar-refractivity contribution is 1.45. The highest BCUT2D eigenvalue weighted by atomic mass is 28.2. The van der Waals surface area contributed by atoms with E-state index in [2.05, 4.69) is 0 Å². The van der Waals surface area contributed by atoms with E-state index >= 15 is 0 Å². The van der Waals surface area contributed by atoms with Crippen LogP contribution < -0.4 is 0 Å². The van der Waals surface area contributed by atoms with Crippen LogP contribution in [0.25, 0.3) is 0 Å². The summed E-state index contributed by atoms with van der Waals surface area (Å²) < 4.78 is 0. The standard InChI is InChI=1S/C3H5NSi/c1-2-5-3-4/h2H2,1H3. The van der Waals surface area contributed by atoms with Crippen LogP contribution in [0.1, 0.15) is 6.92 Å². The van der Waals surface area contributed by atoms with E-state index < -0.39 is 0 Å². The number of nitrogens with zero attached hydrogens (tertiary/aromatic N) is 1. The summed E-state index contributed by atoms with van der Waals surface area (Å²) in [5.41, 5.74) is 2.05. The SMILES string of the molecule is CC[Si]C#N. The number of rotatable bonds is 1. The zero-order valence-corrected chi connectivity index (χ0v) is 4.15. The van der Waals surface area contributed by atoms with Crippen LogP contribution in [0.5, 0.6) is 0 Å². The molecular formula is C3H5NSi. The van der Waals surface area contributed by atoms with Gasteiger partial charge in [0.1, 0.15) is 0 Å². The Morgan fingerprint density at radius 2 is 2.60 bits per heavy atom. The molecule has 0 aromatic rings. The van der Waals surface area contributed by atoms with Crippen molar-refractivity contribution in [1.82, 2.24) is 0 Å². The Labute approximate surface area is 34.4 Å². The van der Waals surface area contributed by atoms with Gasteiger partial charge < -0.3 is 0 Å². The third-order valence-corrected chi connectivity index (χ3v) is 0.768. The van der Waals surface area contributed by atoms with Gasteiger partial charge in [-0.05, 0) is 6.04 Å². The van der Waals surface area contributed by atoms with Crippen LogP contribution in [0, 0.1) is 11.0 Å². The molecule has 0 N–H and O–H groups in total. The predicted octanol–water partition coefficient (Wildman–Crippen LogP) is 0.610. The van der Waals surface area contributed by atoms with Crippen LogP contribution in [0.3, 0.4) is 0 Å². The highest BCUT2D eigenvalue weighted by Gasteiger charge is 1.70. The van der Waals surface area contributed by atoms with Gasteiger partial charge >= 0.3 is 0 Å². The largest absolute Gasteiger partial charge is 0.207 e. The molecule has 0 saturated heterocycles. The van der Waals surface area contributed by atoms with Gasteiger partial charge in [0.05, 0.1) is 0 Å². The fraction of sp³-hybridized carbons (Fsp3) is 0.667. The van der Waals surface area contributed by atoms with E-state index in [9.17, 15) is 0 Å². The summed E-state index contributed by atoms with van der Waals surface area (Å²) in [6, 6.07) is 1.01. The van der Waals surface area contributed by atoms with E-state index in [0.717, 1.165) is 6.04 Å². The summed E-state index contributed by atoms with van der Waals surface area (Å²) in [5.74, 6) is 0. The lowest BCUT2D eigenvalue weighted by Crippen LogP contribution is -1.73. The lowest BCUT2D eigenvalue weighted by atomic mass is 11.0. The first-order chi connectivity index (χ1) is 2.41. The molecule has 0 amide bonds. The van der Waals surface area contributed by atoms with Crippen molar-refractivity contribution >= 4 is 9.52 Å². The van der Waals surface area contributed by atoms with Crippen molar-refractivity contribution in [2.24, 2.45) is 0 Å². The maximum atomic E-state index is 7.83. The van der Waals surface area contributed by atoms with E-state index in [4.69, 9.17) is 5.26 Å². The maximum absolute atomic E-state index is 7.83. The minimum Gasteiger partial charge on any atom is -0.207 e. The summed E-state index contributed by atoms with van der Waals surface area (Å²) in [7, 11) is 0.503. The Morgan fingerprint density at radius 3 is 2.60 bits per heavy atom. The van der Waals surface area contributed by atoms with E-state index in [1.807, 2.05) is 12.6 Å². The first-order valence-corrected chi connectivity index (χ1v) is 2.74. The normalized spacial score (nSPS) is 6.40. The van der Waals surface area contributed by atoms with E-state index in [1.165, 1.54) is 0 Å². The molecule has 0 saturated carbocycles. The van der Waals surface area contributed by atoms with Gasteiger partial charge in [-0.15, -0.1) is 0 Å². The fourth-order valence-corrected chi connectivity index (χ4v) is 0.237. The molecule has 0 bridgehead atoms. The van der Waals surface area contributed by atoms with Gasteiger partial charge in [0.2, 0.25) is 0 Å². The fourth-order valence-electron chi connectivity index (χ4n) is 0.0791. The smallest absolute Gasteiger partial charge is 0.187 e. The molecule has 0 atom stereocenters. The van der Waals surface area contributed by atoms with Gasteiger partial charge in [0.25, 0.3) is 0 Å². The Balaban J connectivity index is 2.48. The zero-order valence-electron chi connectivity index (χ0n) is 3.15. The van der Waals surface area contributed by atoms with E-state index in [1.54, 1.807) is 0 Å². The summed E-state index contributed by atoms with van der Waals surface area (Å²) >= 11 is 0. The van der Waals surface area contributed by atoms with Crippen LogP contribution in [-0.4, -0.2) is 9.52 Å². The second-order valence-electron chi connectivity index (χ2n) is 0.642. The van der Waals surface area contributed by atoms with Crippen LogP contribution in [0.2, 0.25) is 6.04 Å². The lowest BCUT2D eigenvalue weighted by Gasteiger charge is -1.61. The molecule has 0 aliphatic heterocycles. The summed E-state index contributed by atoms with van der Waals surface area (Å²) in [6.07, 6.45) is 0. The highest BCUT2D eigenvalue weighted by molar-refractivity contribution is 6.44. The van der Waals surface area contributed by atoms with Crippen molar-refractivity contribution < 1.29 is 0 Å². The van der Waals surface area contributed by atoms with Crippen LogP contribution in [-0.2, 0) is 0 Å². The Morgan fingerprint density at radius 1 is 2.00 bits per heavy atom. The molecule has 0 aliphatic carbocycles. The molecule has 2 heteroatoms. The van der Waals surface area contributed by atoms with Crippen molar-refractivity contribution in [3.05, 3.63) is 0 Å². The quantitative estimate of drug-likeness (QED) is 0.426. The topological polar surface area (TPSA) is 23.8 Å². The highest BCUT2D eigenvalue weighted by Crippen LogP contribution is 1.64. The zero-order chi connectivity index (χ0) is 4.12. The molecule has 0 aromatic heterocycles. The number of hydrogen-bond acceptors (Lipinski definition) is 1. The Kier molecular flexibility index (Phi) is 3.49. The third kappa shape index (κ3) is 3.71. The van der Waals surface area contributed by atoms with Crippen LogP contribution >= 0.6 is 0 Å². The van der Waals surface area contributed by atoms with Gasteiger partial charge in [0.15, 0.2) is 9.52 Å². The molecule has 5 heavy (non-hydrogen) atoms. The average Bonchev–Trinajstić information content (AvgIpc) is 1.41. The van der Waals surface area contributed by atoms with E-state index in [-0.39, 0.29) is 0 Å². The van der Waals surface area contributed by atoms with Crippen molar-refractivity contribution in [3.63, 3.8) is 0 Å². The summed E-state index contributed by atoms with van der Waals surface area (Å²) in [5, 5.41) is 7.83. The minimum absolute atomic E-state index is 0.503. The summed E-state index contributed by atoms with van der Waals surface area (Å²) in [4.78, 5) is 0. The van der Waals surface area contributed by atoms with Crippen LogP contribution in [0.15, 0.2) is 0 Å². The van der Waals surface area contributed by atoms with Gasteiger partial charge in [-0.2, -0.15) is 0 Å². The molecule has 0 aromatic carbocycles. The average molecular weight is 83.2 g/mol. The van der Waals surface area contributed by atoms with Gasteiger partial charge in [0, 0.05) is 5.69 Å². The molecule has 0 aliphatic rings. The first kappa shape index (κ1) is 4.71. The van der Waals surface area contributed by atoms with Gasteiger partial charge in [-0.25, -0.2) is 5.26 Å². The van der Waals surface area contributed by atoms with Crippen molar-refractivity contribution in [3.8, 4) is 5.69 Å². The second-order valence-corrected chi connectivity index (χ2v) is 1.93. The molecule has 1 nitrogen and oxygen atoms in total. The van der Waals surface area contributed by atoms with Crippen molar-refractivity contribution in [2.45, 2.75) is 13.0 Å². The van der Waals surface area contributed by atoms with Gasteiger partial charge in [-0.3, -0.25) is 0 Å². The van der Waals surface area contributed by atoms with Gasteiger partial charge in [-0.1, -0.05) is 6.92 Å². The van der Waals surface area contributed by atoms with E-state index in [0.29, 0.717) is 9.52 Å². The molecule has 0 unspecified atom stereocenters. The maximum Gasteiger partial charge on any atom is 0.187 e. The Bertz CT molecular complexity index is 45.3.